The highest BCUT2D eigenvalue weighted by molar-refractivity contribution is 7.09. The van der Waals surface area contributed by atoms with Gasteiger partial charge < -0.3 is 4.57 Å². The Labute approximate surface area is 162 Å². The van der Waals surface area contributed by atoms with Crippen LogP contribution in [0.3, 0.4) is 0 Å². The number of benzene rings is 1. The SMILES string of the molecule is CC(=O)Cc1nsc(NC(=O)c2ccc(-c3cccc(C(F)(F)F)c3)n2C)n1. The molecule has 146 valence electrons. The normalized spacial score (nSPS) is 11.5. The summed E-state index contributed by atoms with van der Waals surface area (Å²) in [5, 5.41) is 2.83. The molecule has 10 heteroatoms. The van der Waals surface area contributed by atoms with E-state index in [0.717, 1.165) is 23.7 Å². The summed E-state index contributed by atoms with van der Waals surface area (Å²) < 4.78 is 44.3. The lowest BCUT2D eigenvalue weighted by atomic mass is 10.1. The Hall–Kier alpha value is -3.01. The molecule has 3 aromatic rings. The summed E-state index contributed by atoms with van der Waals surface area (Å²) in [7, 11) is 1.59. The van der Waals surface area contributed by atoms with E-state index in [4.69, 9.17) is 0 Å². The summed E-state index contributed by atoms with van der Waals surface area (Å²) in [5.41, 5.74) is 0.293. The van der Waals surface area contributed by atoms with E-state index in [-0.39, 0.29) is 23.0 Å². The quantitative estimate of drug-likeness (QED) is 0.694. The molecule has 2 heterocycles. The van der Waals surface area contributed by atoms with Crippen molar-refractivity contribution in [3.8, 4) is 11.3 Å². The van der Waals surface area contributed by atoms with Gasteiger partial charge in [-0.1, -0.05) is 12.1 Å². The number of nitrogens with zero attached hydrogens (tertiary/aromatic N) is 3. The van der Waals surface area contributed by atoms with Crippen LogP contribution in [-0.2, 0) is 24.4 Å². The van der Waals surface area contributed by atoms with Crippen LogP contribution >= 0.6 is 11.5 Å². The largest absolute Gasteiger partial charge is 0.416 e. The minimum atomic E-state index is -4.45. The molecule has 3 rings (SSSR count). The van der Waals surface area contributed by atoms with Gasteiger partial charge in [0, 0.05) is 24.3 Å². The van der Waals surface area contributed by atoms with Crippen molar-refractivity contribution in [1.29, 1.82) is 0 Å². The highest BCUT2D eigenvalue weighted by atomic mass is 32.1. The van der Waals surface area contributed by atoms with Crippen LogP contribution < -0.4 is 5.32 Å². The van der Waals surface area contributed by atoms with Crippen LogP contribution in [0.5, 0.6) is 0 Å². The van der Waals surface area contributed by atoms with Crippen LogP contribution in [0.4, 0.5) is 18.3 Å². The van der Waals surface area contributed by atoms with Crippen molar-refractivity contribution in [3.63, 3.8) is 0 Å². The molecule has 0 fully saturated rings. The van der Waals surface area contributed by atoms with Gasteiger partial charge in [0.1, 0.15) is 11.5 Å². The maximum Gasteiger partial charge on any atom is 0.416 e. The maximum absolute atomic E-state index is 12.9. The number of hydrogen-bond acceptors (Lipinski definition) is 5. The number of Topliss-reactive ketones (excluding diaryl/α,β-unsaturated/α-hetero) is 1. The van der Waals surface area contributed by atoms with Gasteiger partial charge in [-0.2, -0.15) is 17.5 Å². The van der Waals surface area contributed by atoms with E-state index in [1.54, 1.807) is 19.2 Å². The molecular weight excluding hydrogens is 393 g/mol. The molecule has 0 spiro atoms. The van der Waals surface area contributed by atoms with Crippen LogP contribution in [0.25, 0.3) is 11.3 Å². The summed E-state index contributed by atoms with van der Waals surface area (Å²) in [6.07, 6.45) is -4.37. The summed E-state index contributed by atoms with van der Waals surface area (Å²) in [4.78, 5) is 27.7. The molecule has 0 saturated carbocycles. The molecule has 2 aromatic heterocycles. The van der Waals surface area contributed by atoms with Gasteiger partial charge in [0.15, 0.2) is 5.82 Å². The molecule has 28 heavy (non-hydrogen) atoms. The zero-order chi connectivity index (χ0) is 20.5. The number of hydrogen-bond donors (Lipinski definition) is 1. The first-order valence-electron chi connectivity index (χ1n) is 8.12. The number of amides is 1. The highest BCUT2D eigenvalue weighted by Gasteiger charge is 2.30. The lowest BCUT2D eigenvalue weighted by Gasteiger charge is -2.10. The molecule has 0 aliphatic rings. The average Bonchev–Trinajstić information content (AvgIpc) is 3.20. The zero-order valence-electron chi connectivity index (χ0n) is 14.9. The molecule has 0 unspecified atom stereocenters. The van der Waals surface area contributed by atoms with Crippen molar-refractivity contribution >= 4 is 28.4 Å². The maximum atomic E-state index is 12.9. The Morgan fingerprint density at radius 1 is 1.21 bits per heavy atom. The monoisotopic (exact) mass is 408 g/mol. The fourth-order valence-corrected chi connectivity index (χ4v) is 3.23. The highest BCUT2D eigenvalue weighted by Crippen LogP contribution is 2.32. The van der Waals surface area contributed by atoms with Gasteiger partial charge in [0.2, 0.25) is 5.13 Å². The average molecular weight is 408 g/mol. The third-order valence-corrected chi connectivity index (χ3v) is 4.60. The number of anilines is 1. The molecule has 0 bridgehead atoms. The first kappa shape index (κ1) is 19.7. The van der Waals surface area contributed by atoms with Crippen LogP contribution in [0.1, 0.15) is 28.8 Å². The standard InChI is InChI=1S/C18H15F3N4O2S/c1-10(26)8-15-22-17(28-24-15)23-16(27)14-7-6-13(25(14)2)11-4-3-5-12(9-11)18(19,20)21/h3-7,9H,8H2,1-2H3,(H,22,23,24,27). The van der Waals surface area contributed by atoms with E-state index in [1.807, 2.05) is 0 Å². The van der Waals surface area contributed by atoms with Crippen molar-refractivity contribution in [2.24, 2.45) is 7.05 Å². The van der Waals surface area contributed by atoms with Gasteiger partial charge in [-0.05, 0) is 36.8 Å². The Kier molecular flexibility index (Phi) is 5.32. The molecule has 1 amide bonds. The van der Waals surface area contributed by atoms with Crippen molar-refractivity contribution < 1.29 is 22.8 Å². The third kappa shape index (κ3) is 4.28. The second-order valence-electron chi connectivity index (χ2n) is 6.09. The minimum Gasteiger partial charge on any atom is -0.340 e. The molecule has 0 radical (unpaired) electrons. The van der Waals surface area contributed by atoms with Gasteiger partial charge >= 0.3 is 6.18 Å². The summed E-state index contributed by atoms with van der Waals surface area (Å²) >= 11 is 0.949. The molecule has 1 N–H and O–H groups in total. The first-order valence-corrected chi connectivity index (χ1v) is 8.89. The van der Waals surface area contributed by atoms with Crippen LogP contribution in [0.2, 0.25) is 0 Å². The topological polar surface area (TPSA) is 76.9 Å². The molecular formula is C18H15F3N4O2S. The smallest absolute Gasteiger partial charge is 0.340 e. The fourth-order valence-electron chi connectivity index (χ4n) is 2.64. The molecule has 0 aliphatic heterocycles. The molecule has 0 atom stereocenters. The number of carbonyl (C=O) groups is 2. The van der Waals surface area contributed by atoms with E-state index in [1.165, 1.54) is 23.6 Å². The van der Waals surface area contributed by atoms with E-state index in [9.17, 15) is 22.8 Å². The predicted octanol–water partition coefficient (Wildman–Crippen LogP) is 3.95. The van der Waals surface area contributed by atoms with E-state index < -0.39 is 17.6 Å². The Bertz CT molecular complexity index is 1040. The third-order valence-electron chi connectivity index (χ3n) is 3.94. The van der Waals surface area contributed by atoms with Crippen molar-refractivity contribution in [1.82, 2.24) is 13.9 Å². The second-order valence-corrected chi connectivity index (χ2v) is 6.84. The van der Waals surface area contributed by atoms with Crippen molar-refractivity contribution in [2.45, 2.75) is 19.5 Å². The Balaban J connectivity index is 1.82. The lowest BCUT2D eigenvalue weighted by molar-refractivity contribution is -0.137. The number of nitrogens with one attached hydrogen (secondary N) is 1. The summed E-state index contributed by atoms with van der Waals surface area (Å²) in [5.74, 6) is -0.251. The van der Waals surface area contributed by atoms with E-state index in [0.29, 0.717) is 17.1 Å². The molecule has 0 saturated heterocycles. The van der Waals surface area contributed by atoms with Crippen LogP contribution in [-0.4, -0.2) is 25.6 Å². The van der Waals surface area contributed by atoms with Gasteiger partial charge in [-0.25, -0.2) is 4.98 Å². The van der Waals surface area contributed by atoms with Gasteiger partial charge in [-0.3, -0.25) is 14.9 Å². The van der Waals surface area contributed by atoms with E-state index >= 15 is 0 Å². The number of aromatic nitrogens is 3. The van der Waals surface area contributed by atoms with Crippen molar-refractivity contribution in [2.75, 3.05) is 5.32 Å². The fraction of sp³-hybridized carbons (Fsp3) is 0.222. The number of alkyl halides is 3. The zero-order valence-corrected chi connectivity index (χ0v) is 15.7. The van der Waals surface area contributed by atoms with Gasteiger partial charge in [0.25, 0.3) is 5.91 Å². The lowest BCUT2D eigenvalue weighted by Crippen LogP contribution is -2.16. The summed E-state index contributed by atoms with van der Waals surface area (Å²) in [6, 6.07) is 7.99. The van der Waals surface area contributed by atoms with Crippen LogP contribution in [0, 0.1) is 0 Å². The number of rotatable bonds is 5. The van der Waals surface area contributed by atoms with Crippen LogP contribution in [0.15, 0.2) is 36.4 Å². The molecule has 6 nitrogen and oxygen atoms in total. The molecule has 0 aliphatic carbocycles. The molecule has 1 aromatic carbocycles. The summed E-state index contributed by atoms with van der Waals surface area (Å²) in [6.45, 7) is 1.42. The number of carbonyl (C=O) groups excluding carboxylic acids is 2. The number of halogens is 3. The Morgan fingerprint density at radius 3 is 2.64 bits per heavy atom. The van der Waals surface area contributed by atoms with Gasteiger partial charge in [0.05, 0.1) is 12.0 Å². The van der Waals surface area contributed by atoms with Gasteiger partial charge in [-0.15, -0.1) is 0 Å². The Morgan fingerprint density at radius 2 is 1.96 bits per heavy atom. The first-order chi connectivity index (χ1) is 13.1. The number of ketones is 1. The minimum absolute atomic E-state index is 0.0796. The van der Waals surface area contributed by atoms with E-state index in [2.05, 4.69) is 14.7 Å². The second kappa shape index (κ2) is 7.55. The predicted molar refractivity (Wildman–Crippen MR) is 98.1 cm³/mol. The van der Waals surface area contributed by atoms with Crippen molar-refractivity contribution in [3.05, 3.63) is 53.5 Å².